The fourth-order valence-corrected chi connectivity index (χ4v) is 1.83. The average Bonchev–Trinajstić information content (AvgIpc) is 2.54. The van der Waals surface area contributed by atoms with E-state index in [1.165, 1.54) is 14.2 Å². The molecule has 0 saturated heterocycles. The van der Waals surface area contributed by atoms with Crippen molar-refractivity contribution in [3.63, 3.8) is 0 Å². The lowest BCUT2D eigenvalue weighted by Gasteiger charge is -2.22. The molecule has 128 valence electrons. The van der Waals surface area contributed by atoms with Gasteiger partial charge in [-0.1, -0.05) is 12.1 Å². The molecule has 0 amide bonds. The Morgan fingerprint density at radius 1 is 1.09 bits per heavy atom. The van der Waals surface area contributed by atoms with Crippen molar-refractivity contribution in [1.82, 2.24) is 4.90 Å². The van der Waals surface area contributed by atoms with Gasteiger partial charge in [-0.25, -0.2) is 4.79 Å². The standard InChI is InChI=1S/C16H23NO6/c1-17(2)16(21-4)23-10-9-22-14(18)11-12-5-7-13(8-6-12)15(19)20-3/h5-8,16H,9-11H2,1-4H3. The molecule has 7 nitrogen and oxygen atoms in total. The summed E-state index contributed by atoms with van der Waals surface area (Å²) >= 11 is 0. The third-order valence-electron chi connectivity index (χ3n) is 2.95. The summed E-state index contributed by atoms with van der Waals surface area (Å²) in [5.41, 5.74) is 1.19. The Kier molecular flexibility index (Phi) is 8.25. The maximum absolute atomic E-state index is 11.7. The lowest BCUT2D eigenvalue weighted by Crippen LogP contribution is -2.33. The molecule has 0 N–H and O–H groups in total. The molecule has 0 saturated carbocycles. The quantitative estimate of drug-likeness (QED) is 0.382. The molecule has 1 atom stereocenters. The van der Waals surface area contributed by atoms with E-state index in [0.29, 0.717) is 5.56 Å². The Morgan fingerprint density at radius 2 is 1.74 bits per heavy atom. The monoisotopic (exact) mass is 325 g/mol. The number of rotatable bonds is 9. The average molecular weight is 325 g/mol. The van der Waals surface area contributed by atoms with E-state index in [1.807, 2.05) is 14.1 Å². The number of carbonyl (C=O) groups excluding carboxylic acids is 2. The Labute approximate surface area is 136 Å². The van der Waals surface area contributed by atoms with Crippen molar-refractivity contribution < 1.29 is 28.5 Å². The van der Waals surface area contributed by atoms with Gasteiger partial charge < -0.3 is 18.9 Å². The highest BCUT2D eigenvalue weighted by atomic mass is 16.7. The smallest absolute Gasteiger partial charge is 0.337 e. The molecule has 0 aliphatic carbocycles. The van der Waals surface area contributed by atoms with Gasteiger partial charge in [0.25, 0.3) is 0 Å². The molecule has 1 aromatic carbocycles. The van der Waals surface area contributed by atoms with Gasteiger partial charge in [-0.15, -0.1) is 0 Å². The fraction of sp³-hybridized carbons (Fsp3) is 0.500. The summed E-state index contributed by atoms with van der Waals surface area (Å²) in [6, 6.07) is 6.60. The van der Waals surface area contributed by atoms with Gasteiger partial charge in [0.2, 0.25) is 6.41 Å². The van der Waals surface area contributed by atoms with Crippen molar-refractivity contribution in [2.45, 2.75) is 12.8 Å². The zero-order valence-electron chi connectivity index (χ0n) is 13.9. The lowest BCUT2D eigenvalue weighted by molar-refractivity contribution is -0.202. The highest BCUT2D eigenvalue weighted by molar-refractivity contribution is 5.89. The summed E-state index contributed by atoms with van der Waals surface area (Å²) in [6.45, 7) is 0.385. The Bertz CT molecular complexity index is 500. The third kappa shape index (κ3) is 6.77. The highest BCUT2D eigenvalue weighted by Gasteiger charge is 2.11. The van der Waals surface area contributed by atoms with Crippen molar-refractivity contribution in [3.8, 4) is 0 Å². The Balaban J connectivity index is 2.32. The molecule has 0 spiro atoms. The molecule has 1 unspecified atom stereocenters. The lowest BCUT2D eigenvalue weighted by atomic mass is 10.1. The first-order valence-electron chi connectivity index (χ1n) is 7.11. The van der Waals surface area contributed by atoms with Crippen molar-refractivity contribution >= 4 is 11.9 Å². The van der Waals surface area contributed by atoms with Gasteiger partial charge in [0.05, 0.1) is 25.7 Å². The molecule has 0 heterocycles. The fourth-order valence-electron chi connectivity index (χ4n) is 1.83. The van der Waals surface area contributed by atoms with Crippen LogP contribution in [0, 0.1) is 0 Å². The van der Waals surface area contributed by atoms with Crippen molar-refractivity contribution in [2.75, 3.05) is 41.5 Å². The number of hydrogen-bond donors (Lipinski definition) is 0. The van der Waals surface area contributed by atoms with Crippen LogP contribution >= 0.6 is 0 Å². The molecule has 7 heteroatoms. The van der Waals surface area contributed by atoms with Gasteiger partial charge in [-0.05, 0) is 31.8 Å². The van der Waals surface area contributed by atoms with Crippen LogP contribution in [0.4, 0.5) is 0 Å². The molecule has 1 aromatic rings. The van der Waals surface area contributed by atoms with Gasteiger partial charge in [0, 0.05) is 7.11 Å². The van der Waals surface area contributed by atoms with E-state index >= 15 is 0 Å². The van der Waals surface area contributed by atoms with Crippen molar-refractivity contribution in [2.24, 2.45) is 0 Å². The van der Waals surface area contributed by atoms with Crippen LogP contribution in [0.2, 0.25) is 0 Å². The molecule has 0 aromatic heterocycles. The van der Waals surface area contributed by atoms with Gasteiger partial charge in [0.1, 0.15) is 6.61 Å². The minimum Gasteiger partial charge on any atom is -0.465 e. The second kappa shape index (κ2) is 9.94. The number of ether oxygens (including phenoxy) is 4. The molecular formula is C16H23NO6. The minimum absolute atomic E-state index is 0.128. The highest BCUT2D eigenvalue weighted by Crippen LogP contribution is 2.07. The SMILES string of the molecule is COC(=O)c1ccc(CC(=O)OCCOC(OC)N(C)C)cc1. The number of esters is 2. The van der Waals surface area contributed by atoms with Gasteiger partial charge in [-0.2, -0.15) is 0 Å². The van der Waals surface area contributed by atoms with Gasteiger partial charge in [0.15, 0.2) is 0 Å². The molecule has 0 radical (unpaired) electrons. The van der Waals surface area contributed by atoms with Crippen LogP contribution in [0.25, 0.3) is 0 Å². The van der Waals surface area contributed by atoms with E-state index in [4.69, 9.17) is 14.2 Å². The zero-order valence-corrected chi connectivity index (χ0v) is 13.9. The maximum Gasteiger partial charge on any atom is 0.337 e. The predicted molar refractivity (Wildman–Crippen MR) is 82.9 cm³/mol. The van der Waals surface area contributed by atoms with Crippen LogP contribution in [0.1, 0.15) is 15.9 Å². The van der Waals surface area contributed by atoms with Gasteiger partial charge >= 0.3 is 11.9 Å². The van der Waals surface area contributed by atoms with Crippen molar-refractivity contribution in [1.29, 1.82) is 0 Å². The van der Waals surface area contributed by atoms with Crippen LogP contribution < -0.4 is 0 Å². The molecule has 0 aliphatic rings. The summed E-state index contributed by atoms with van der Waals surface area (Å²) < 4.78 is 20.2. The van der Waals surface area contributed by atoms with E-state index < -0.39 is 12.4 Å². The molecule has 0 bridgehead atoms. The van der Waals surface area contributed by atoms with Crippen LogP contribution in [0.15, 0.2) is 24.3 Å². The number of nitrogens with zero attached hydrogens (tertiary/aromatic N) is 1. The van der Waals surface area contributed by atoms with E-state index in [2.05, 4.69) is 4.74 Å². The summed E-state index contributed by atoms with van der Waals surface area (Å²) in [4.78, 5) is 24.8. The number of hydrogen-bond acceptors (Lipinski definition) is 7. The summed E-state index contributed by atoms with van der Waals surface area (Å²) in [6.07, 6.45) is -0.345. The number of methoxy groups -OCH3 is 2. The molecular weight excluding hydrogens is 302 g/mol. The van der Waals surface area contributed by atoms with E-state index in [1.54, 1.807) is 29.2 Å². The Morgan fingerprint density at radius 3 is 2.26 bits per heavy atom. The van der Waals surface area contributed by atoms with Crippen molar-refractivity contribution in [3.05, 3.63) is 35.4 Å². The normalized spacial score (nSPS) is 12.0. The topological polar surface area (TPSA) is 74.3 Å². The molecule has 0 fully saturated rings. The van der Waals surface area contributed by atoms with E-state index in [9.17, 15) is 9.59 Å². The summed E-state index contributed by atoms with van der Waals surface area (Å²) in [5, 5.41) is 0. The molecule has 0 aliphatic heterocycles. The van der Waals surface area contributed by atoms with Gasteiger partial charge in [-0.3, -0.25) is 9.69 Å². The van der Waals surface area contributed by atoms with Crippen LogP contribution in [0.3, 0.4) is 0 Å². The number of benzene rings is 1. The molecule has 1 rings (SSSR count). The summed E-state index contributed by atoms with van der Waals surface area (Å²) in [7, 11) is 6.49. The summed E-state index contributed by atoms with van der Waals surface area (Å²) in [5.74, 6) is -0.775. The predicted octanol–water partition coefficient (Wildman–Crippen LogP) is 1.07. The minimum atomic E-state index is -0.473. The zero-order chi connectivity index (χ0) is 17.2. The second-order valence-electron chi connectivity index (χ2n) is 4.96. The van der Waals surface area contributed by atoms with Crippen LogP contribution in [-0.4, -0.2) is 64.8 Å². The second-order valence-corrected chi connectivity index (χ2v) is 4.96. The third-order valence-corrected chi connectivity index (χ3v) is 2.95. The molecule has 23 heavy (non-hydrogen) atoms. The maximum atomic E-state index is 11.7. The largest absolute Gasteiger partial charge is 0.465 e. The first kappa shape index (κ1) is 19.1. The van der Waals surface area contributed by atoms with E-state index in [-0.39, 0.29) is 25.6 Å². The Hall–Kier alpha value is -1.96. The van der Waals surface area contributed by atoms with Crippen LogP contribution in [0.5, 0.6) is 0 Å². The van der Waals surface area contributed by atoms with Crippen LogP contribution in [-0.2, 0) is 30.2 Å². The van der Waals surface area contributed by atoms with E-state index in [0.717, 1.165) is 5.56 Å². The first-order valence-corrected chi connectivity index (χ1v) is 7.11. The first-order chi connectivity index (χ1) is 11.0. The number of carbonyl (C=O) groups is 2.